The minimum absolute atomic E-state index is 0.0292. The number of carbonyl (C=O) groups excluding carboxylic acids is 1. The second-order valence-corrected chi connectivity index (χ2v) is 13.3. The number of rotatable bonds is 9. The first-order valence-corrected chi connectivity index (χ1v) is 14.6. The van der Waals surface area contributed by atoms with E-state index in [0.29, 0.717) is 0 Å². The van der Waals surface area contributed by atoms with E-state index < -0.39 is 57.0 Å². The SMILES string of the molecule is Cc1nc(C(=O)NC[C@]2(O)CC[C@H](S(C)(=O)=O)CC2)c(C#N)n1-c1ccc(CC(C)(C)C(F)(F)F)cc1OC(F)F. The summed E-state index contributed by atoms with van der Waals surface area (Å²) < 4.78 is 96.0. The van der Waals surface area contributed by atoms with Crippen molar-refractivity contribution in [2.24, 2.45) is 5.41 Å². The molecule has 1 aromatic heterocycles. The Balaban J connectivity index is 1.90. The average Bonchev–Trinajstić information content (AvgIpc) is 3.17. The predicted octanol–water partition coefficient (Wildman–Crippen LogP) is 4.23. The van der Waals surface area contributed by atoms with Gasteiger partial charge in [0, 0.05) is 12.8 Å². The van der Waals surface area contributed by atoms with Crippen molar-refractivity contribution in [2.45, 2.75) is 76.5 Å². The van der Waals surface area contributed by atoms with E-state index in [2.05, 4.69) is 15.0 Å². The number of halogens is 5. The summed E-state index contributed by atoms with van der Waals surface area (Å²) in [7, 11) is -3.27. The standard InChI is InChI=1S/C26H31F5N4O5S/c1-15-34-21(22(36)33-14-25(37)9-7-17(8-10-25)41(4,38)39)19(13-32)35(15)18-6-5-16(11-20(18)40-23(27)28)12-24(2,3)26(29,30)31/h5-6,11,17,23,37H,7-10,12,14H2,1-4H3,(H,33,36)/t17-,25-. The number of alkyl halides is 5. The van der Waals surface area contributed by atoms with Crippen LogP contribution in [0.3, 0.4) is 0 Å². The smallest absolute Gasteiger partial charge is 0.394 e. The maximum absolute atomic E-state index is 13.4. The molecule has 1 heterocycles. The molecule has 0 radical (unpaired) electrons. The number of imidazole rings is 1. The van der Waals surface area contributed by atoms with Crippen LogP contribution in [-0.2, 0) is 16.3 Å². The number of amides is 1. The van der Waals surface area contributed by atoms with Gasteiger partial charge in [0.15, 0.2) is 11.4 Å². The molecule has 0 saturated heterocycles. The monoisotopic (exact) mass is 606 g/mol. The molecular weight excluding hydrogens is 575 g/mol. The summed E-state index contributed by atoms with van der Waals surface area (Å²) in [5.41, 5.74) is -4.35. The molecular formula is C26H31F5N4O5S. The summed E-state index contributed by atoms with van der Waals surface area (Å²) in [6.45, 7) is -0.245. The largest absolute Gasteiger partial charge is 0.433 e. The Morgan fingerprint density at radius 3 is 2.41 bits per heavy atom. The Kier molecular flexibility index (Phi) is 9.10. The number of aryl methyl sites for hydroxylation is 1. The fourth-order valence-corrected chi connectivity index (χ4v) is 5.90. The van der Waals surface area contributed by atoms with E-state index in [9.17, 15) is 45.5 Å². The lowest BCUT2D eigenvalue weighted by atomic mass is 9.84. The maximum Gasteiger partial charge on any atom is 0.394 e. The highest BCUT2D eigenvalue weighted by Gasteiger charge is 2.47. The maximum atomic E-state index is 13.4. The lowest BCUT2D eigenvalue weighted by Gasteiger charge is -2.35. The van der Waals surface area contributed by atoms with Crippen molar-refractivity contribution in [3.63, 3.8) is 0 Å². The fraction of sp³-hybridized carbons (Fsp3) is 0.577. The fourth-order valence-electron chi connectivity index (χ4n) is 4.80. The van der Waals surface area contributed by atoms with E-state index >= 15 is 0 Å². The molecule has 0 atom stereocenters. The van der Waals surface area contributed by atoms with Crippen molar-refractivity contribution in [3.05, 3.63) is 41.0 Å². The molecule has 9 nitrogen and oxygen atoms in total. The molecule has 226 valence electrons. The molecule has 0 bridgehead atoms. The number of ether oxygens (including phenoxy) is 1. The first kappa shape index (κ1) is 32.3. The van der Waals surface area contributed by atoms with E-state index in [1.807, 2.05) is 0 Å². The highest BCUT2D eigenvalue weighted by molar-refractivity contribution is 7.91. The Morgan fingerprint density at radius 1 is 1.29 bits per heavy atom. The minimum atomic E-state index is -4.56. The normalized spacial score (nSPS) is 20.1. The van der Waals surface area contributed by atoms with Crippen LogP contribution in [-0.4, -0.2) is 65.4 Å². The number of carbonyl (C=O) groups is 1. The third kappa shape index (κ3) is 7.34. The molecule has 2 aromatic rings. The molecule has 1 aliphatic rings. The Labute approximate surface area is 234 Å². The molecule has 0 unspecified atom stereocenters. The summed E-state index contributed by atoms with van der Waals surface area (Å²) in [5, 5.41) is 22.6. The van der Waals surface area contributed by atoms with Crippen molar-refractivity contribution in [3.8, 4) is 17.5 Å². The van der Waals surface area contributed by atoms with Gasteiger partial charge in [-0.3, -0.25) is 9.36 Å². The van der Waals surface area contributed by atoms with Crippen molar-refractivity contribution in [2.75, 3.05) is 12.8 Å². The zero-order chi connectivity index (χ0) is 31.0. The number of sulfone groups is 1. The van der Waals surface area contributed by atoms with E-state index in [1.165, 1.54) is 19.1 Å². The third-order valence-electron chi connectivity index (χ3n) is 7.31. The van der Waals surface area contributed by atoms with Gasteiger partial charge in [-0.2, -0.15) is 27.2 Å². The zero-order valence-corrected chi connectivity index (χ0v) is 23.7. The predicted molar refractivity (Wildman–Crippen MR) is 138 cm³/mol. The van der Waals surface area contributed by atoms with Gasteiger partial charge in [-0.1, -0.05) is 19.9 Å². The second kappa shape index (κ2) is 11.6. The van der Waals surface area contributed by atoms with Gasteiger partial charge in [0.25, 0.3) is 5.91 Å². The average molecular weight is 607 g/mol. The summed E-state index contributed by atoms with van der Waals surface area (Å²) in [5.74, 6) is -1.33. The van der Waals surface area contributed by atoms with Gasteiger partial charge in [-0.05, 0) is 56.7 Å². The van der Waals surface area contributed by atoms with E-state index in [0.717, 1.165) is 30.7 Å². The molecule has 15 heteroatoms. The number of benzene rings is 1. The van der Waals surface area contributed by atoms with Gasteiger partial charge >= 0.3 is 12.8 Å². The van der Waals surface area contributed by atoms with Gasteiger partial charge in [0.1, 0.15) is 27.5 Å². The molecule has 41 heavy (non-hydrogen) atoms. The molecule has 1 amide bonds. The lowest BCUT2D eigenvalue weighted by Crippen LogP contribution is -2.47. The number of nitrogens with zero attached hydrogens (tertiary/aromatic N) is 3. The van der Waals surface area contributed by atoms with E-state index in [4.69, 9.17) is 0 Å². The molecule has 0 spiro atoms. The number of hydrogen-bond donors (Lipinski definition) is 2. The lowest BCUT2D eigenvalue weighted by molar-refractivity contribution is -0.211. The van der Waals surface area contributed by atoms with E-state index in [1.54, 1.807) is 6.07 Å². The molecule has 0 aliphatic heterocycles. The first-order valence-electron chi connectivity index (χ1n) is 12.6. The Morgan fingerprint density at radius 2 is 1.90 bits per heavy atom. The van der Waals surface area contributed by atoms with E-state index in [-0.39, 0.29) is 60.7 Å². The van der Waals surface area contributed by atoms with Crippen LogP contribution < -0.4 is 10.1 Å². The topological polar surface area (TPSA) is 134 Å². The molecule has 2 N–H and O–H groups in total. The molecule has 1 aliphatic carbocycles. The van der Waals surface area contributed by atoms with Crippen molar-refractivity contribution >= 4 is 15.7 Å². The summed E-state index contributed by atoms with van der Waals surface area (Å²) in [4.78, 5) is 17.1. The van der Waals surface area contributed by atoms with Crippen LogP contribution in [0.5, 0.6) is 5.75 Å². The molecule has 1 aromatic carbocycles. The van der Waals surface area contributed by atoms with Crippen LogP contribution in [0.15, 0.2) is 18.2 Å². The van der Waals surface area contributed by atoms with Crippen molar-refractivity contribution in [1.82, 2.24) is 14.9 Å². The molecule has 1 saturated carbocycles. The number of hydrogen-bond acceptors (Lipinski definition) is 7. The first-order chi connectivity index (χ1) is 18.8. The zero-order valence-electron chi connectivity index (χ0n) is 22.8. The second-order valence-electron chi connectivity index (χ2n) is 11.0. The third-order valence-corrected chi connectivity index (χ3v) is 8.99. The van der Waals surface area contributed by atoms with Crippen LogP contribution >= 0.6 is 0 Å². The summed E-state index contributed by atoms with van der Waals surface area (Å²) >= 11 is 0. The molecule has 1 fully saturated rings. The Bertz CT molecular complexity index is 1440. The molecule has 3 rings (SSSR count). The van der Waals surface area contributed by atoms with Gasteiger partial charge in [-0.25, -0.2) is 13.4 Å². The van der Waals surface area contributed by atoms with Crippen LogP contribution in [0.4, 0.5) is 22.0 Å². The Hall–Kier alpha value is -3.25. The highest BCUT2D eigenvalue weighted by atomic mass is 32.2. The van der Waals surface area contributed by atoms with Gasteiger partial charge < -0.3 is 15.2 Å². The number of nitriles is 1. The summed E-state index contributed by atoms with van der Waals surface area (Å²) in [6, 6.07) is 5.32. The van der Waals surface area contributed by atoms with Crippen LogP contribution in [0.2, 0.25) is 0 Å². The highest BCUT2D eigenvalue weighted by Crippen LogP contribution is 2.41. The van der Waals surface area contributed by atoms with Gasteiger partial charge in [0.05, 0.1) is 22.0 Å². The number of aromatic nitrogens is 2. The van der Waals surface area contributed by atoms with Gasteiger partial charge in [0.2, 0.25) is 0 Å². The number of nitrogens with one attached hydrogen (secondary N) is 1. The van der Waals surface area contributed by atoms with Crippen LogP contribution in [0.1, 0.15) is 67.1 Å². The summed E-state index contributed by atoms with van der Waals surface area (Å²) in [6.07, 6.45) is -3.30. The number of aliphatic hydroxyl groups is 1. The quantitative estimate of drug-likeness (QED) is 0.408. The minimum Gasteiger partial charge on any atom is -0.433 e. The van der Waals surface area contributed by atoms with Crippen LogP contribution in [0.25, 0.3) is 5.69 Å². The van der Waals surface area contributed by atoms with Gasteiger partial charge in [-0.15, -0.1) is 0 Å². The van der Waals surface area contributed by atoms with Crippen LogP contribution in [0, 0.1) is 23.7 Å². The van der Waals surface area contributed by atoms with Crippen molar-refractivity contribution in [1.29, 1.82) is 5.26 Å². The van der Waals surface area contributed by atoms with Crippen molar-refractivity contribution < 1.29 is 45.0 Å².